The summed E-state index contributed by atoms with van der Waals surface area (Å²) in [6.45, 7) is -0.130. The fourth-order valence-corrected chi connectivity index (χ4v) is 3.35. The average molecular weight is 375 g/mol. The molecule has 1 heterocycles. The Morgan fingerprint density at radius 3 is 2.04 bits per heavy atom. The van der Waals surface area contributed by atoms with Gasteiger partial charge in [-0.3, -0.25) is 4.90 Å². The van der Waals surface area contributed by atoms with Gasteiger partial charge in [-0.25, -0.2) is 0 Å². The van der Waals surface area contributed by atoms with E-state index >= 15 is 0 Å². The van der Waals surface area contributed by atoms with Crippen LogP contribution in [0.25, 0.3) is 11.1 Å². The maximum atomic E-state index is 10.1. The summed E-state index contributed by atoms with van der Waals surface area (Å²) in [5.41, 5.74) is 2.17. The molecule has 5 atom stereocenters. The Balaban J connectivity index is 1.58. The van der Waals surface area contributed by atoms with Crippen LogP contribution in [-0.2, 0) is 0 Å². The van der Waals surface area contributed by atoms with Crippen LogP contribution >= 0.6 is 0 Å². The highest BCUT2D eigenvalue weighted by Gasteiger charge is 2.46. The average Bonchev–Trinajstić information content (AvgIpc) is 2.71. The van der Waals surface area contributed by atoms with Crippen LogP contribution in [0.15, 0.2) is 54.6 Å². The Morgan fingerprint density at radius 2 is 1.41 bits per heavy atom. The van der Waals surface area contributed by atoms with Crippen molar-refractivity contribution in [3.63, 3.8) is 0 Å². The van der Waals surface area contributed by atoms with Crippen molar-refractivity contribution in [1.29, 1.82) is 0 Å². The monoisotopic (exact) mass is 375 g/mol. The van der Waals surface area contributed by atoms with E-state index in [1.807, 2.05) is 54.6 Å². The zero-order valence-electron chi connectivity index (χ0n) is 14.8. The predicted molar refractivity (Wildman–Crippen MR) is 99.0 cm³/mol. The Morgan fingerprint density at radius 1 is 0.778 bits per heavy atom. The third kappa shape index (κ3) is 4.30. The number of hydrogen-bond acceptors (Lipinski definition) is 7. The Hall–Kier alpha value is -2.00. The van der Waals surface area contributed by atoms with Crippen molar-refractivity contribution in [3.05, 3.63) is 54.6 Å². The van der Waals surface area contributed by atoms with Gasteiger partial charge in [-0.1, -0.05) is 42.5 Å². The lowest BCUT2D eigenvalue weighted by atomic mass is 9.93. The van der Waals surface area contributed by atoms with Crippen LogP contribution in [0.2, 0.25) is 0 Å². The number of hydrogen-bond donors (Lipinski definition) is 5. The highest BCUT2D eigenvalue weighted by Crippen LogP contribution is 2.24. The van der Waals surface area contributed by atoms with Gasteiger partial charge in [0.05, 0.1) is 12.6 Å². The first kappa shape index (κ1) is 19.8. The van der Waals surface area contributed by atoms with Crippen molar-refractivity contribution >= 4 is 0 Å². The summed E-state index contributed by atoms with van der Waals surface area (Å²) in [6, 6.07) is 16.6. The molecule has 146 valence electrons. The lowest BCUT2D eigenvalue weighted by molar-refractivity contribution is -0.223. The minimum absolute atomic E-state index is 0.160. The lowest BCUT2D eigenvalue weighted by Crippen LogP contribution is -2.67. The molecule has 27 heavy (non-hydrogen) atoms. The van der Waals surface area contributed by atoms with E-state index < -0.39 is 37.2 Å². The van der Waals surface area contributed by atoms with Gasteiger partial charge in [0.1, 0.15) is 36.9 Å². The second kappa shape index (κ2) is 8.79. The summed E-state index contributed by atoms with van der Waals surface area (Å²) in [7, 11) is 0. The van der Waals surface area contributed by atoms with Crippen molar-refractivity contribution in [2.75, 3.05) is 19.8 Å². The van der Waals surface area contributed by atoms with E-state index in [1.54, 1.807) is 0 Å². The van der Waals surface area contributed by atoms with Gasteiger partial charge in [0.15, 0.2) is 0 Å². The molecule has 5 N–H and O–H groups in total. The zero-order chi connectivity index (χ0) is 19.4. The van der Waals surface area contributed by atoms with Crippen LogP contribution < -0.4 is 4.74 Å². The fraction of sp³-hybridized carbons (Fsp3) is 0.400. The van der Waals surface area contributed by atoms with Crippen LogP contribution in [0.3, 0.4) is 0 Å². The van der Waals surface area contributed by atoms with E-state index in [4.69, 9.17) is 4.74 Å². The topological polar surface area (TPSA) is 114 Å². The van der Waals surface area contributed by atoms with Crippen molar-refractivity contribution in [2.45, 2.75) is 30.6 Å². The summed E-state index contributed by atoms with van der Waals surface area (Å²) in [5, 5.41) is 49.1. The molecule has 1 unspecified atom stereocenters. The Kier molecular flexibility index (Phi) is 6.43. The number of ether oxygens (including phenoxy) is 1. The third-order valence-electron chi connectivity index (χ3n) is 4.93. The van der Waals surface area contributed by atoms with Gasteiger partial charge >= 0.3 is 0 Å². The van der Waals surface area contributed by atoms with Crippen molar-refractivity contribution in [1.82, 2.24) is 4.90 Å². The SMILES string of the molecule is OC[C@@H]1[C@@H](O)[C@H](O)[C@@H](O)C(O)N1CCOc1ccc(-c2ccccc2)cc1. The summed E-state index contributed by atoms with van der Waals surface area (Å²) in [4.78, 5) is 1.33. The standard InChI is InChI=1S/C20H25NO6/c22-12-16-17(23)18(24)19(25)20(26)21(16)10-11-27-15-8-6-14(7-9-15)13-4-2-1-3-5-13/h1-9,16-20,22-26H,10-12H2/t16-,17-,18+,19-,20?/m1/s1. The van der Waals surface area contributed by atoms with Crippen LogP contribution in [0, 0.1) is 0 Å². The molecule has 1 fully saturated rings. The summed E-state index contributed by atoms with van der Waals surface area (Å²) in [5.74, 6) is 0.642. The Labute approximate surface area is 157 Å². The molecule has 3 rings (SSSR count). The zero-order valence-corrected chi connectivity index (χ0v) is 14.8. The number of piperidine rings is 1. The van der Waals surface area contributed by atoms with Crippen LogP contribution in [0.1, 0.15) is 0 Å². The highest BCUT2D eigenvalue weighted by atomic mass is 16.5. The molecule has 0 aliphatic carbocycles. The van der Waals surface area contributed by atoms with E-state index in [-0.39, 0.29) is 13.2 Å². The molecule has 0 saturated carbocycles. The molecule has 0 amide bonds. The van der Waals surface area contributed by atoms with Crippen molar-refractivity contribution in [3.8, 4) is 16.9 Å². The molecule has 2 aromatic carbocycles. The first-order valence-electron chi connectivity index (χ1n) is 8.90. The van der Waals surface area contributed by atoms with Crippen molar-refractivity contribution < 1.29 is 30.3 Å². The predicted octanol–water partition coefficient (Wildman–Crippen LogP) is -0.190. The van der Waals surface area contributed by atoms with Gasteiger partial charge in [0, 0.05) is 6.54 Å². The van der Waals surface area contributed by atoms with Crippen LogP contribution in [-0.4, -0.2) is 80.8 Å². The highest BCUT2D eigenvalue weighted by molar-refractivity contribution is 5.63. The van der Waals surface area contributed by atoms with Gasteiger partial charge in [-0.15, -0.1) is 0 Å². The van der Waals surface area contributed by atoms with E-state index in [0.717, 1.165) is 11.1 Å². The van der Waals surface area contributed by atoms with E-state index in [1.165, 1.54) is 4.90 Å². The number of aliphatic hydroxyl groups excluding tert-OH is 5. The fourth-order valence-electron chi connectivity index (χ4n) is 3.35. The Bertz CT molecular complexity index is 710. The first-order chi connectivity index (χ1) is 13.0. The number of nitrogens with zero attached hydrogens (tertiary/aromatic N) is 1. The number of benzene rings is 2. The number of likely N-dealkylation sites (tertiary alicyclic amines) is 1. The minimum atomic E-state index is -1.52. The quantitative estimate of drug-likeness (QED) is 0.476. The first-order valence-corrected chi connectivity index (χ1v) is 8.90. The molecule has 7 heteroatoms. The van der Waals surface area contributed by atoms with Gasteiger partial charge in [0.2, 0.25) is 0 Å². The molecule has 1 saturated heterocycles. The van der Waals surface area contributed by atoms with Gasteiger partial charge in [-0.05, 0) is 23.3 Å². The second-order valence-corrected chi connectivity index (χ2v) is 6.61. The molecular formula is C20H25NO6. The van der Waals surface area contributed by atoms with E-state index in [9.17, 15) is 25.5 Å². The second-order valence-electron chi connectivity index (χ2n) is 6.61. The smallest absolute Gasteiger partial charge is 0.136 e. The molecular weight excluding hydrogens is 350 g/mol. The van der Waals surface area contributed by atoms with Crippen LogP contribution in [0.4, 0.5) is 0 Å². The summed E-state index contributed by atoms with van der Waals surface area (Å²) in [6.07, 6.45) is -5.80. The van der Waals surface area contributed by atoms with Crippen LogP contribution in [0.5, 0.6) is 5.75 Å². The molecule has 0 radical (unpaired) electrons. The number of aliphatic hydroxyl groups is 5. The van der Waals surface area contributed by atoms with Gasteiger partial charge < -0.3 is 30.3 Å². The van der Waals surface area contributed by atoms with Gasteiger partial charge in [-0.2, -0.15) is 0 Å². The summed E-state index contributed by atoms with van der Waals surface area (Å²) >= 11 is 0. The lowest BCUT2D eigenvalue weighted by Gasteiger charge is -2.46. The molecule has 7 nitrogen and oxygen atoms in total. The summed E-state index contributed by atoms with van der Waals surface area (Å²) < 4.78 is 5.68. The maximum Gasteiger partial charge on any atom is 0.136 e. The van der Waals surface area contributed by atoms with E-state index in [2.05, 4.69) is 0 Å². The molecule has 2 aromatic rings. The van der Waals surface area contributed by atoms with Crippen molar-refractivity contribution in [2.24, 2.45) is 0 Å². The molecule has 1 aliphatic rings. The number of rotatable bonds is 6. The van der Waals surface area contributed by atoms with E-state index in [0.29, 0.717) is 5.75 Å². The van der Waals surface area contributed by atoms with Gasteiger partial charge in [0.25, 0.3) is 0 Å². The molecule has 1 aliphatic heterocycles. The molecule has 0 aromatic heterocycles. The molecule has 0 spiro atoms. The molecule has 0 bridgehead atoms. The third-order valence-corrected chi connectivity index (χ3v) is 4.93. The largest absolute Gasteiger partial charge is 0.492 e. The minimum Gasteiger partial charge on any atom is -0.492 e. The normalized spacial score (nSPS) is 28.9. The maximum absolute atomic E-state index is 10.1.